The monoisotopic (exact) mass is 269 g/mol. The van der Waals surface area contributed by atoms with Gasteiger partial charge in [0.15, 0.2) is 5.03 Å². The molecule has 2 aromatic rings. The van der Waals surface area contributed by atoms with Gasteiger partial charge in [-0.2, -0.15) is 5.10 Å². The minimum atomic E-state index is -3.59. The van der Waals surface area contributed by atoms with E-state index < -0.39 is 10.0 Å². The van der Waals surface area contributed by atoms with Crippen LogP contribution in [0.15, 0.2) is 41.6 Å². The fraction of sp³-hybridized carbons (Fsp3) is 0.182. The minimum absolute atomic E-state index is 0.00367. The molecule has 0 unspecified atom stereocenters. The molecule has 0 amide bonds. The average molecular weight is 269 g/mol. The Morgan fingerprint density at radius 3 is 2.72 bits per heavy atom. The van der Waals surface area contributed by atoms with Gasteiger partial charge in [-0.15, -0.1) is 0 Å². The van der Waals surface area contributed by atoms with Crippen LogP contribution in [0.3, 0.4) is 0 Å². The van der Waals surface area contributed by atoms with Crippen LogP contribution in [0.2, 0.25) is 0 Å². The highest BCUT2D eigenvalue weighted by molar-refractivity contribution is 7.89. The lowest BCUT2D eigenvalue weighted by atomic mass is 10.1. The van der Waals surface area contributed by atoms with E-state index in [4.69, 9.17) is 0 Å². The first-order chi connectivity index (χ1) is 8.59. The number of aromatic nitrogens is 2. The van der Waals surface area contributed by atoms with Crippen molar-refractivity contribution in [3.05, 3.63) is 47.9 Å². The summed E-state index contributed by atoms with van der Waals surface area (Å²) in [5, 5.41) is 5.92. The van der Waals surface area contributed by atoms with Crippen molar-refractivity contribution in [1.29, 1.82) is 0 Å². The Bertz CT molecular complexity index is 611. The van der Waals surface area contributed by atoms with E-state index in [1.54, 1.807) is 18.2 Å². The van der Waals surface area contributed by atoms with E-state index in [0.717, 1.165) is 0 Å². The fourth-order valence-corrected chi connectivity index (χ4v) is 2.43. The molecule has 2 N–H and O–H groups in total. The number of halogens is 1. The summed E-state index contributed by atoms with van der Waals surface area (Å²) in [4.78, 5) is 0. The fourth-order valence-electron chi connectivity index (χ4n) is 1.49. The Kier molecular flexibility index (Phi) is 3.73. The number of aromatic amines is 1. The minimum Gasteiger partial charge on any atom is -0.266 e. The van der Waals surface area contributed by atoms with Crippen LogP contribution in [-0.4, -0.2) is 25.2 Å². The van der Waals surface area contributed by atoms with Gasteiger partial charge in [-0.05, 0) is 24.1 Å². The van der Waals surface area contributed by atoms with Crippen molar-refractivity contribution in [1.82, 2.24) is 14.9 Å². The number of nitrogens with one attached hydrogen (secondary N) is 2. The van der Waals surface area contributed by atoms with E-state index in [1.807, 2.05) is 0 Å². The molecule has 1 aromatic carbocycles. The third-order valence-electron chi connectivity index (χ3n) is 2.41. The van der Waals surface area contributed by atoms with E-state index in [9.17, 15) is 12.8 Å². The van der Waals surface area contributed by atoms with Gasteiger partial charge in [-0.3, -0.25) is 5.10 Å². The van der Waals surface area contributed by atoms with Crippen molar-refractivity contribution < 1.29 is 12.8 Å². The molecule has 1 heterocycles. The molecular weight excluding hydrogens is 257 g/mol. The Balaban J connectivity index is 1.96. The summed E-state index contributed by atoms with van der Waals surface area (Å²) in [5.74, 6) is -0.335. The highest BCUT2D eigenvalue weighted by atomic mass is 32.2. The molecule has 0 spiro atoms. The topological polar surface area (TPSA) is 74.8 Å². The summed E-state index contributed by atoms with van der Waals surface area (Å²) >= 11 is 0. The van der Waals surface area contributed by atoms with Crippen LogP contribution in [0.25, 0.3) is 0 Å². The quantitative estimate of drug-likeness (QED) is 0.852. The molecule has 0 fully saturated rings. The van der Waals surface area contributed by atoms with E-state index >= 15 is 0 Å². The number of nitrogens with zero attached hydrogens (tertiary/aromatic N) is 1. The van der Waals surface area contributed by atoms with Gasteiger partial charge < -0.3 is 0 Å². The number of hydrogen-bond acceptors (Lipinski definition) is 3. The third-order valence-corrected chi connectivity index (χ3v) is 3.80. The summed E-state index contributed by atoms with van der Waals surface area (Å²) in [6.45, 7) is 0.127. The zero-order chi connectivity index (χ0) is 13.0. The molecule has 0 radical (unpaired) electrons. The highest BCUT2D eigenvalue weighted by Gasteiger charge is 2.14. The molecule has 0 aliphatic carbocycles. The maximum absolute atomic E-state index is 13.3. The predicted molar refractivity (Wildman–Crippen MR) is 63.9 cm³/mol. The molecule has 0 saturated heterocycles. The van der Waals surface area contributed by atoms with Gasteiger partial charge in [0.2, 0.25) is 0 Å². The SMILES string of the molecule is O=S(=O)(NCCc1ccccc1F)c1ccn[nH]1. The number of rotatable bonds is 5. The van der Waals surface area contributed by atoms with Crippen molar-refractivity contribution in [2.45, 2.75) is 11.4 Å². The lowest BCUT2D eigenvalue weighted by molar-refractivity contribution is 0.573. The van der Waals surface area contributed by atoms with Crippen LogP contribution in [0.5, 0.6) is 0 Å². The zero-order valence-electron chi connectivity index (χ0n) is 9.43. The lowest BCUT2D eigenvalue weighted by Gasteiger charge is -2.05. The molecule has 2 rings (SSSR count). The molecule has 0 atom stereocenters. The molecule has 0 bridgehead atoms. The molecule has 96 valence electrons. The molecular formula is C11H12FN3O2S. The van der Waals surface area contributed by atoms with Crippen LogP contribution in [0, 0.1) is 5.82 Å². The van der Waals surface area contributed by atoms with Crippen molar-refractivity contribution in [2.24, 2.45) is 0 Å². The molecule has 0 aliphatic heterocycles. The summed E-state index contributed by atoms with van der Waals surface area (Å²) in [5.41, 5.74) is 0.477. The van der Waals surface area contributed by atoms with E-state index in [-0.39, 0.29) is 17.4 Å². The summed E-state index contributed by atoms with van der Waals surface area (Å²) < 4.78 is 39.0. The Morgan fingerprint density at radius 2 is 2.06 bits per heavy atom. The Morgan fingerprint density at radius 1 is 1.28 bits per heavy atom. The van der Waals surface area contributed by atoms with Crippen LogP contribution in [0.1, 0.15) is 5.56 Å². The van der Waals surface area contributed by atoms with Crippen LogP contribution in [-0.2, 0) is 16.4 Å². The van der Waals surface area contributed by atoms with Crippen LogP contribution >= 0.6 is 0 Å². The smallest absolute Gasteiger partial charge is 0.257 e. The van der Waals surface area contributed by atoms with Gasteiger partial charge in [0, 0.05) is 6.54 Å². The van der Waals surface area contributed by atoms with Gasteiger partial charge in [0.05, 0.1) is 6.20 Å². The van der Waals surface area contributed by atoms with Crippen molar-refractivity contribution in [3.8, 4) is 0 Å². The van der Waals surface area contributed by atoms with Gasteiger partial charge in [0.1, 0.15) is 5.82 Å². The lowest BCUT2D eigenvalue weighted by Crippen LogP contribution is -2.26. The normalized spacial score (nSPS) is 11.6. The van der Waals surface area contributed by atoms with Crippen molar-refractivity contribution in [3.63, 3.8) is 0 Å². The highest BCUT2D eigenvalue weighted by Crippen LogP contribution is 2.07. The summed E-state index contributed by atoms with van der Waals surface area (Å²) in [6.07, 6.45) is 1.64. The zero-order valence-corrected chi connectivity index (χ0v) is 10.2. The van der Waals surface area contributed by atoms with E-state index in [0.29, 0.717) is 12.0 Å². The molecule has 1 aromatic heterocycles. The maximum Gasteiger partial charge on any atom is 0.257 e. The molecule has 0 saturated carbocycles. The van der Waals surface area contributed by atoms with Crippen LogP contribution < -0.4 is 4.72 Å². The van der Waals surface area contributed by atoms with E-state index in [2.05, 4.69) is 14.9 Å². The standard InChI is InChI=1S/C11H12FN3O2S/c12-10-4-2-1-3-9(10)5-8-14-18(16,17)11-6-7-13-15-11/h1-4,6-7,14H,5,8H2,(H,13,15). The molecule has 18 heavy (non-hydrogen) atoms. The Labute approximate surface area is 104 Å². The van der Waals surface area contributed by atoms with Crippen LogP contribution in [0.4, 0.5) is 4.39 Å². The second-order valence-corrected chi connectivity index (χ2v) is 5.40. The first kappa shape index (κ1) is 12.7. The van der Waals surface area contributed by atoms with Gasteiger partial charge in [-0.25, -0.2) is 17.5 Å². The van der Waals surface area contributed by atoms with Crippen molar-refractivity contribution >= 4 is 10.0 Å². The first-order valence-corrected chi connectivity index (χ1v) is 6.80. The largest absolute Gasteiger partial charge is 0.266 e. The number of H-pyrrole nitrogens is 1. The van der Waals surface area contributed by atoms with Gasteiger partial charge in [0.25, 0.3) is 10.0 Å². The number of hydrogen-bond donors (Lipinski definition) is 2. The third kappa shape index (κ3) is 2.93. The summed E-state index contributed by atoms with van der Waals surface area (Å²) in [6, 6.07) is 7.62. The van der Waals surface area contributed by atoms with Crippen molar-refractivity contribution in [2.75, 3.05) is 6.54 Å². The number of sulfonamides is 1. The average Bonchev–Trinajstić information content (AvgIpc) is 2.86. The second-order valence-electron chi connectivity index (χ2n) is 3.66. The molecule has 7 heteroatoms. The second kappa shape index (κ2) is 5.28. The summed E-state index contributed by atoms with van der Waals surface area (Å²) in [7, 11) is -3.59. The molecule has 0 aliphatic rings. The predicted octanol–water partition coefficient (Wildman–Crippen LogP) is 1.07. The van der Waals surface area contributed by atoms with E-state index in [1.165, 1.54) is 18.3 Å². The Hall–Kier alpha value is -1.73. The van der Waals surface area contributed by atoms with Gasteiger partial charge in [-0.1, -0.05) is 18.2 Å². The molecule has 5 nitrogen and oxygen atoms in total. The van der Waals surface area contributed by atoms with Gasteiger partial charge >= 0.3 is 0 Å². The number of benzene rings is 1. The maximum atomic E-state index is 13.3. The first-order valence-electron chi connectivity index (χ1n) is 5.32.